The third-order valence-corrected chi connectivity index (χ3v) is 2.95. The SMILES string of the molecule is CC(NCCn1ccnn1)c1ccc(OCC#N)cc1. The Labute approximate surface area is 118 Å². The minimum Gasteiger partial charge on any atom is -0.479 e. The molecule has 0 aliphatic rings. The molecular weight excluding hydrogens is 254 g/mol. The molecule has 0 aliphatic carbocycles. The molecule has 6 heteroatoms. The lowest BCUT2D eigenvalue weighted by molar-refractivity contribution is 0.368. The van der Waals surface area contributed by atoms with Crippen molar-refractivity contribution >= 4 is 0 Å². The molecule has 0 amide bonds. The van der Waals surface area contributed by atoms with Crippen molar-refractivity contribution in [3.63, 3.8) is 0 Å². The maximum absolute atomic E-state index is 8.45. The van der Waals surface area contributed by atoms with E-state index in [9.17, 15) is 0 Å². The summed E-state index contributed by atoms with van der Waals surface area (Å²) in [7, 11) is 0. The molecule has 0 aliphatic heterocycles. The summed E-state index contributed by atoms with van der Waals surface area (Å²) in [6.07, 6.45) is 3.51. The maximum atomic E-state index is 8.45. The molecule has 0 bridgehead atoms. The number of hydrogen-bond acceptors (Lipinski definition) is 5. The first-order chi connectivity index (χ1) is 9.79. The first-order valence-corrected chi connectivity index (χ1v) is 6.47. The van der Waals surface area contributed by atoms with Crippen molar-refractivity contribution in [1.29, 1.82) is 5.26 Å². The average molecular weight is 271 g/mol. The van der Waals surface area contributed by atoms with Gasteiger partial charge in [0.25, 0.3) is 0 Å². The molecule has 20 heavy (non-hydrogen) atoms. The van der Waals surface area contributed by atoms with E-state index in [1.807, 2.05) is 36.5 Å². The van der Waals surface area contributed by atoms with Crippen LogP contribution < -0.4 is 10.1 Å². The fourth-order valence-corrected chi connectivity index (χ4v) is 1.83. The van der Waals surface area contributed by atoms with E-state index < -0.39 is 0 Å². The smallest absolute Gasteiger partial charge is 0.174 e. The van der Waals surface area contributed by atoms with Crippen LogP contribution in [0.1, 0.15) is 18.5 Å². The van der Waals surface area contributed by atoms with E-state index in [4.69, 9.17) is 10.00 Å². The molecule has 1 aromatic carbocycles. The van der Waals surface area contributed by atoms with Crippen LogP contribution in [0.3, 0.4) is 0 Å². The summed E-state index contributed by atoms with van der Waals surface area (Å²) in [5.74, 6) is 0.713. The Morgan fingerprint density at radius 2 is 2.20 bits per heavy atom. The van der Waals surface area contributed by atoms with Crippen molar-refractivity contribution in [2.24, 2.45) is 0 Å². The Bertz CT molecular complexity index is 544. The summed E-state index contributed by atoms with van der Waals surface area (Å²) in [6.45, 7) is 3.78. The molecule has 0 fully saturated rings. The molecule has 0 radical (unpaired) electrons. The van der Waals surface area contributed by atoms with E-state index in [0.29, 0.717) is 5.75 Å². The summed E-state index contributed by atoms with van der Waals surface area (Å²) in [5, 5.41) is 19.5. The topological polar surface area (TPSA) is 75.8 Å². The zero-order valence-corrected chi connectivity index (χ0v) is 11.4. The zero-order valence-electron chi connectivity index (χ0n) is 11.4. The monoisotopic (exact) mass is 271 g/mol. The molecule has 1 atom stereocenters. The zero-order chi connectivity index (χ0) is 14.2. The van der Waals surface area contributed by atoms with Crippen molar-refractivity contribution in [2.75, 3.05) is 13.2 Å². The summed E-state index contributed by atoms with van der Waals surface area (Å²) in [4.78, 5) is 0. The predicted molar refractivity (Wildman–Crippen MR) is 74.0 cm³/mol. The quantitative estimate of drug-likeness (QED) is 0.826. The van der Waals surface area contributed by atoms with Crippen molar-refractivity contribution in [2.45, 2.75) is 19.5 Å². The van der Waals surface area contributed by atoms with Crippen molar-refractivity contribution < 1.29 is 4.74 Å². The number of nitrogens with one attached hydrogen (secondary N) is 1. The number of nitrogens with zero attached hydrogens (tertiary/aromatic N) is 4. The van der Waals surface area contributed by atoms with Crippen LogP contribution in [-0.4, -0.2) is 28.1 Å². The van der Waals surface area contributed by atoms with Crippen molar-refractivity contribution in [1.82, 2.24) is 20.3 Å². The molecule has 0 saturated carbocycles. The maximum Gasteiger partial charge on any atom is 0.174 e. The van der Waals surface area contributed by atoms with Gasteiger partial charge in [0.15, 0.2) is 6.61 Å². The van der Waals surface area contributed by atoms with Gasteiger partial charge in [0, 0.05) is 18.8 Å². The number of ether oxygens (including phenoxy) is 1. The van der Waals surface area contributed by atoms with E-state index in [0.717, 1.165) is 13.1 Å². The van der Waals surface area contributed by atoms with Gasteiger partial charge in [-0.25, -0.2) is 0 Å². The Morgan fingerprint density at radius 1 is 1.40 bits per heavy atom. The number of hydrogen-bond donors (Lipinski definition) is 1. The number of benzene rings is 1. The minimum atomic E-state index is 0.0745. The Kier molecular flexibility index (Phi) is 5.09. The highest BCUT2D eigenvalue weighted by Gasteiger charge is 2.04. The van der Waals surface area contributed by atoms with Gasteiger partial charge in [-0.15, -0.1) is 5.10 Å². The van der Waals surface area contributed by atoms with Gasteiger partial charge in [-0.1, -0.05) is 17.3 Å². The lowest BCUT2D eigenvalue weighted by atomic mass is 10.1. The van der Waals surface area contributed by atoms with Crippen LogP contribution in [0.5, 0.6) is 5.75 Å². The van der Waals surface area contributed by atoms with Crippen molar-refractivity contribution in [3.8, 4) is 11.8 Å². The Morgan fingerprint density at radius 3 is 2.85 bits per heavy atom. The summed E-state index contributed by atoms with van der Waals surface area (Å²) in [6, 6.07) is 9.94. The van der Waals surface area contributed by atoms with E-state index in [1.54, 1.807) is 10.9 Å². The fourth-order valence-electron chi connectivity index (χ4n) is 1.83. The molecule has 104 valence electrons. The molecule has 0 spiro atoms. The Hall–Kier alpha value is -2.39. The molecule has 2 rings (SSSR count). The average Bonchev–Trinajstić information content (AvgIpc) is 2.99. The van der Waals surface area contributed by atoms with Crippen LogP contribution in [0.25, 0.3) is 0 Å². The molecule has 6 nitrogen and oxygen atoms in total. The van der Waals surface area contributed by atoms with Gasteiger partial charge >= 0.3 is 0 Å². The second-order valence-corrected chi connectivity index (χ2v) is 4.36. The van der Waals surface area contributed by atoms with Crippen LogP contribution >= 0.6 is 0 Å². The normalized spacial score (nSPS) is 11.8. The van der Waals surface area contributed by atoms with Gasteiger partial charge in [0.05, 0.1) is 12.7 Å². The number of nitriles is 1. The molecule has 1 aromatic heterocycles. The van der Waals surface area contributed by atoms with Crippen LogP contribution in [0, 0.1) is 11.3 Å². The molecule has 0 saturated heterocycles. The first kappa shape index (κ1) is 14.0. The molecule has 1 N–H and O–H groups in total. The summed E-state index contributed by atoms with van der Waals surface area (Å²) in [5.41, 5.74) is 1.17. The first-order valence-electron chi connectivity index (χ1n) is 6.47. The third-order valence-electron chi connectivity index (χ3n) is 2.95. The largest absolute Gasteiger partial charge is 0.479 e. The second-order valence-electron chi connectivity index (χ2n) is 4.36. The summed E-state index contributed by atoms with van der Waals surface area (Å²) < 4.78 is 7.01. The lowest BCUT2D eigenvalue weighted by Gasteiger charge is -2.14. The van der Waals surface area contributed by atoms with E-state index >= 15 is 0 Å². The van der Waals surface area contributed by atoms with E-state index in [1.165, 1.54) is 5.56 Å². The lowest BCUT2D eigenvalue weighted by Crippen LogP contribution is -2.23. The molecular formula is C14H17N5O. The van der Waals surface area contributed by atoms with Gasteiger partial charge in [0.1, 0.15) is 11.8 Å². The van der Waals surface area contributed by atoms with Gasteiger partial charge in [-0.3, -0.25) is 4.68 Å². The number of rotatable bonds is 7. The van der Waals surface area contributed by atoms with Gasteiger partial charge < -0.3 is 10.1 Å². The Balaban J connectivity index is 1.79. The highest BCUT2D eigenvalue weighted by atomic mass is 16.5. The molecule has 2 aromatic rings. The van der Waals surface area contributed by atoms with Crippen LogP contribution in [0.2, 0.25) is 0 Å². The minimum absolute atomic E-state index is 0.0745. The van der Waals surface area contributed by atoms with Crippen molar-refractivity contribution in [3.05, 3.63) is 42.2 Å². The summed E-state index contributed by atoms with van der Waals surface area (Å²) >= 11 is 0. The van der Waals surface area contributed by atoms with E-state index in [2.05, 4.69) is 22.6 Å². The van der Waals surface area contributed by atoms with Gasteiger partial charge in [-0.2, -0.15) is 5.26 Å². The van der Waals surface area contributed by atoms with E-state index in [-0.39, 0.29) is 12.6 Å². The highest BCUT2D eigenvalue weighted by Crippen LogP contribution is 2.17. The predicted octanol–water partition coefficient (Wildman–Crippen LogP) is 1.53. The molecule has 1 unspecified atom stereocenters. The van der Waals surface area contributed by atoms with Crippen LogP contribution in [-0.2, 0) is 6.54 Å². The highest BCUT2D eigenvalue weighted by molar-refractivity contribution is 5.29. The molecule has 1 heterocycles. The van der Waals surface area contributed by atoms with Gasteiger partial charge in [-0.05, 0) is 24.6 Å². The third kappa shape index (κ3) is 4.07. The second kappa shape index (κ2) is 7.26. The number of aromatic nitrogens is 3. The van der Waals surface area contributed by atoms with Gasteiger partial charge in [0.2, 0.25) is 0 Å². The van der Waals surface area contributed by atoms with Crippen LogP contribution in [0.4, 0.5) is 0 Å². The fraction of sp³-hybridized carbons (Fsp3) is 0.357. The van der Waals surface area contributed by atoms with Crippen LogP contribution in [0.15, 0.2) is 36.7 Å². The standard InChI is InChI=1S/C14H17N5O/c1-12(16-7-9-19-10-8-17-18-19)13-2-4-14(5-3-13)20-11-6-15/h2-5,8,10,12,16H,7,9,11H2,1H3.